The van der Waals surface area contributed by atoms with Crippen molar-refractivity contribution < 1.29 is 88.8 Å². The fourth-order valence-corrected chi connectivity index (χ4v) is 3.06. The zero-order valence-corrected chi connectivity index (χ0v) is 24.9. The number of hydrogen-bond acceptors (Lipinski definition) is 6. The van der Waals surface area contributed by atoms with Crippen LogP contribution in [0.25, 0.3) is 0 Å². The van der Waals surface area contributed by atoms with E-state index in [1.54, 1.807) is 0 Å². The molecule has 0 heterocycles. The van der Waals surface area contributed by atoms with Gasteiger partial charge in [0.25, 0.3) is 0 Å². The number of unbranched alkanes of at least 4 members (excludes halogenated alkanes) is 8. The summed E-state index contributed by atoms with van der Waals surface area (Å²) in [5.41, 5.74) is 0. The summed E-state index contributed by atoms with van der Waals surface area (Å²) in [6.45, 7) is 1.82. The molecule has 0 saturated carbocycles. The van der Waals surface area contributed by atoms with Gasteiger partial charge in [0.15, 0.2) is 0 Å². The Morgan fingerprint density at radius 1 is 0.788 bits per heavy atom. The number of nitrogens with one attached hydrogen (secondary N) is 1. The van der Waals surface area contributed by atoms with Gasteiger partial charge in [-0.1, -0.05) is 43.6 Å². The van der Waals surface area contributed by atoms with Crippen LogP contribution in [-0.2, 0) is 14.4 Å². The fourth-order valence-electron chi connectivity index (χ4n) is 3.06. The van der Waals surface area contributed by atoms with Gasteiger partial charge in [-0.05, 0) is 64.7 Å². The Hall–Kier alpha value is -0.150. The van der Waals surface area contributed by atoms with Gasteiger partial charge in [-0.25, -0.2) is 0 Å². The topological polar surface area (TPSA) is 130 Å². The molecule has 0 aliphatic carbocycles. The van der Waals surface area contributed by atoms with Gasteiger partial charge in [-0.2, -0.15) is 0 Å². The van der Waals surface area contributed by atoms with Crippen LogP contribution in [0.5, 0.6) is 0 Å². The molecule has 0 saturated heterocycles. The Bertz CT molecular complexity index is 567. The fraction of sp³-hybridized carbons (Fsp3) is 0.708. The molecule has 178 valence electrons. The zero-order chi connectivity index (χ0) is 23.3. The average molecular weight is 484 g/mol. The van der Waals surface area contributed by atoms with Crippen LogP contribution in [0.2, 0.25) is 0 Å². The number of aliphatic hydroxyl groups excluding tert-OH is 1. The quantitative estimate of drug-likeness (QED) is 0.103. The monoisotopic (exact) mass is 483 g/mol. The second-order valence-electron chi connectivity index (χ2n) is 7.98. The Kier molecular flexibility index (Phi) is 30.0. The Morgan fingerprint density at radius 2 is 1.24 bits per heavy atom. The first-order valence-corrected chi connectivity index (χ1v) is 11.5. The molecule has 0 aliphatic heterocycles. The van der Waals surface area contributed by atoms with Crippen molar-refractivity contribution in [3.63, 3.8) is 0 Å². The number of aliphatic carboxylic acids is 2. The number of carboxylic acids is 2. The van der Waals surface area contributed by atoms with Crippen LogP contribution in [0.1, 0.15) is 96.8 Å². The summed E-state index contributed by atoms with van der Waals surface area (Å²) in [5, 5.41) is 32.6. The summed E-state index contributed by atoms with van der Waals surface area (Å²) in [6.07, 6.45) is 20.1. The number of carbonyl (C=O) groups excluding carboxylic acids is 3. The minimum Gasteiger partial charge on any atom is -0.550 e. The maximum absolute atomic E-state index is 11.7. The summed E-state index contributed by atoms with van der Waals surface area (Å²) in [4.78, 5) is 32.9. The standard InChI is InChI=1S/C24H41NO6.2Na/c1-20(26)17-15-13-11-9-7-5-3-2-4-6-8-10-12-14-16-18-22(27)25-21(24(30)31)19-23(28)29;;/h9-12,20-21,26H,2-8,13-19H2,1H3,(H,25,27)(H,28,29)(H,30,31);;/q;2*+1/p-2/b11-9-,12-10-;;. The number of carbonyl (C=O) groups is 3. The zero-order valence-electron chi connectivity index (χ0n) is 20.9. The van der Waals surface area contributed by atoms with E-state index in [2.05, 4.69) is 23.5 Å². The smallest absolute Gasteiger partial charge is 0.550 e. The number of rotatable bonds is 20. The molecule has 2 unspecified atom stereocenters. The summed E-state index contributed by atoms with van der Waals surface area (Å²) in [5.74, 6) is -3.68. The first kappa shape index (κ1) is 37.4. The third-order valence-electron chi connectivity index (χ3n) is 4.83. The van der Waals surface area contributed by atoms with Crippen LogP contribution in [0.15, 0.2) is 24.3 Å². The maximum Gasteiger partial charge on any atom is 1.00 e. The van der Waals surface area contributed by atoms with Gasteiger partial charge in [0.1, 0.15) is 0 Å². The summed E-state index contributed by atoms with van der Waals surface area (Å²) in [7, 11) is 0. The molecular formula is C24H39NNa2O6. The van der Waals surface area contributed by atoms with E-state index in [0.717, 1.165) is 38.5 Å². The molecule has 7 nitrogen and oxygen atoms in total. The van der Waals surface area contributed by atoms with Crippen molar-refractivity contribution in [2.75, 3.05) is 0 Å². The minimum atomic E-state index is -1.63. The number of amides is 1. The van der Waals surface area contributed by atoms with E-state index >= 15 is 0 Å². The van der Waals surface area contributed by atoms with Crippen LogP contribution in [0.4, 0.5) is 0 Å². The molecule has 2 N–H and O–H groups in total. The van der Waals surface area contributed by atoms with Crippen LogP contribution >= 0.6 is 0 Å². The van der Waals surface area contributed by atoms with Gasteiger partial charge in [-0.15, -0.1) is 0 Å². The van der Waals surface area contributed by atoms with Crippen molar-refractivity contribution in [3.05, 3.63) is 24.3 Å². The molecule has 0 aromatic heterocycles. The number of hydrogen-bond donors (Lipinski definition) is 2. The average Bonchev–Trinajstić information content (AvgIpc) is 2.69. The van der Waals surface area contributed by atoms with Crippen LogP contribution < -0.4 is 74.6 Å². The molecule has 2 atom stereocenters. The van der Waals surface area contributed by atoms with Crippen molar-refractivity contribution in [2.24, 2.45) is 0 Å². The third kappa shape index (κ3) is 28.0. The van der Waals surface area contributed by atoms with Crippen molar-refractivity contribution in [3.8, 4) is 0 Å². The molecule has 0 radical (unpaired) electrons. The van der Waals surface area contributed by atoms with E-state index in [-0.39, 0.29) is 71.6 Å². The maximum atomic E-state index is 11.7. The molecule has 0 aliphatic rings. The van der Waals surface area contributed by atoms with E-state index in [4.69, 9.17) is 0 Å². The third-order valence-corrected chi connectivity index (χ3v) is 4.83. The van der Waals surface area contributed by atoms with E-state index in [0.29, 0.717) is 12.8 Å². The second kappa shape index (κ2) is 26.5. The summed E-state index contributed by atoms with van der Waals surface area (Å²) in [6, 6.07) is -1.55. The first-order valence-electron chi connectivity index (χ1n) is 11.5. The molecule has 0 spiro atoms. The van der Waals surface area contributed by atoms with Gasteiger partial charge < -0.3 is 30.2 Å². The van der Waals surface area contributed by atoms with Gasteiger partial charge in [0, 0.05) is 18.8 Å². The van der Waals surface area contributed by atoms with Crippen LogP contribution in [-0.4, -0.2) is 35.1 Å². The van der Waals surface area contributed by atoms with E-state index in [1.807, 2.05) is 13.0 Å². The molecule has 1 amide bonds. The van der Waals surface area contributed by atoms with E-state index < -0.39 is 30.3 Å². The van der Waals surface area contributed by atoms with Crippen molar-refractivity contribution in [1.82, 2.24) is 5.32 Å². The van der Waals surface area contributed by atoms with Crippen LogP contribution in [0.3, 0.4) is 0 Å². The summed E-state index contributed by atoms with van der Waals surface area (Å²) < 4.78 is 0. The van der Waals surface area contributed by atoms with Crippen molar-refractivity contribution in [2.45, 2.75) is 109 Å². The largest absolute Gasteiger partial charge is 1.00 e. The Morgan fingerprint density at radius 3 is 1.70 bits per heavy atom. The van der Waals surface area contributed by atoms with Gasteiger partial charge in [-0.3, -0.25) is 4.79 Å². The number of aliphatic hydroxyl groups is 1. The molecule has 0 fully saturated rings. The normalized spacial score (nSPS) is 12.7. The van der Waals surface area contributed by atoms with Crippen molar-refractivity contribution in [1.29, 1.82) is 0 Å². The van der Waals surface area contributed by atoms with E-state index in [9.17, 15) is 29.7 Å². The predicted molar refractivity (Wildman–Crippen MR) is 117 cm³/mol. The molecule has 0 bridgehead atoms. The SMILES string of the molecule is CC(O)CCC/C=C\CCCCCCC/C=C\CCCC(=O)NC(CC(=O)[O-])C(=O)[O-].[Na+].[Na+]. The van der Waals surface area contributed by atoms with Gasteiger partial charge in [0.2, 0.25) is 5.91 Å². The number of allylic oxidation sites excluding steroid dienone is 4. The molecule has 0 rings (SSSR count). The molecular weight excluding hydrogens is 444 g/mol. The van der Waals surface area contributed by atoms with Crippen molar-refractivity contribution >= 4 is 17.8 Å². The van der Waals surface area contributed by atoms with Crippen LogP contribution in [0, 0.1) is 0 Å². The van der Waals surface area contributed by atoms with Gasteiger partial charge >= 0.3 is 59.1 Å². The second-order valence-corrected chi connectivity index (χ2v) is 7.98. The Balaban J connectivity index is -0.00000450. The first-order chi connectivity index (χ1) is 14.8. The van der Waals surface area contributed by atoms with Gasteiger partial charge in [0.05, 0.1) is 18.1 Å². The molecule has 0 aromatic rings. The van der Waals surface area contributed by atoms with E-state index in [1.165, 1.54) is 25.7 Å². The molecule has 33 heavy (non-hydrogen) atoms. The molecule has 9 heteroatoms. The number of carboxylic acid groups (broad SMARTS) is 2. The minimum absolute atomic E-state index is 0. The molecule has 0 aromatic carbocycles. The Labute approximate surface area is 243 Å². The predicted octanol–water partition coefficient (Wildman–Crippen LogP) is -4.07. The summed E-state index contributed by atoms with van der Waals surface area (Å²) >= 11 is 0.